The van der Waals surface area contributed by atoms with Gasteiger partial charge in [-0.15, -0.1) is 0 Å². The maximum atomic E-state index is 12.7. The van der Waals surface area contributed by atoms with Gasteiger partial charge in [0, 0.05) is 24.7 Å². The summed E-state index contributed by atoms with van der Waals surface area (Å²) in [6.07, 6.45) is 0. The molecule has 0 bridgehead atoms. The Morgan fingerprint density at radius 3 is 2.58 bits per heavy atom. The summed E-state index contributed by atoms with van der Waals surface area (Å²) in [5, 5.41) is 10.9. The van der Waals surface area contributed by atoms with Crippen molar-refractivity contribution >= 4 is 27.5 Å². The summed E-state index contributed by atoms with van der Waals surface area (Å²) in [5.41, 5.74) is 1.21. The molecule has 0 saturated carbocycles. The lowest BCUT2D eigenvalue weighted by Crippen LogP contribution is -2.29. The number of ether oxygens (including phenoxy) is 1. The van der Waals surface area contributed by atoms with Crippen LogP contribution >= 0.6 is 15.9 Å². The van der Waals surface area contributed by atoms with Gasteiger partial charge in [-0.2, -0.15) is 0 Å². The van der Waals surface area contributed by atoms with Crippen LogP contribution in [0.2, 0.25) is 0 Å². The van der Waals surface area contributed by atoms with Gasteiger partial charge in [0.15, 0.2) is 0 Å². The van der Waals surface area contributed by atoms with Gasteiger partial charge >= 0.3 is 0 Å². The quantitative estimate of drug-likeness (QED) is 0.564. The van der Waals surface area contributed by atoms with Gasteiger partial charge in [-0.3, -0.25) is 14.9 Å². The summed E-state index contributed by atoms with van der Waals surface area (Å²) in [7, 11) is 3.22. The lowest BCUT2D eigenvalue weighted by Gasteiger charge is -2.25. The van der Waals surface area contributed by atoms with Crippen LogP contribution in [-0.2, 0) is 0 Å². The number of benzene rings is 2. The van der Waals surface area contributed by atoms with E-state index in [1.807, 2.05) is 6.92 Å². The third-order valence-corrected chi connectivity index (χ3v) is 4.48. The zero-order valence-electron chi connectivity index (χ0n) is 13.5. The Balaban J connectivity index is 2.25. The summed E-state index contributed by atoms with van der Waals surface area (Å²) in [6, 6.07) is 11.1. The number of carbonyl (C=O) groups is 1. The third-order valence-electron chi connectivity index (χ3n) is 3.86. The third kappa shape index (κ3) is 3.73. The smallest absolute Gasteiger partial charge is 0.269 e. The Morgan fingerprint density at radius 2 is 2.00 bits per heavy atom. The summed E-state index contributed by atoms with van der Waals surface area (Å²) in [6.45, 7) is 1.83. The second kappa shape index (κ2) is 7.44. The van der Waals surface area contributed by atoms with Gasteiger partial charge in [-0.1, -0.05) is 12.1 Å². The Morgan fingerprint density at radius 1 is 1.29 bits per heavy atom. The molecule has 2 aromatic rings. The molecule has 0 radical (unpaired) electrons. The molecule has 6 nitrogen and oxygen atoms in total. The van der Waals surface area contributed by atoms with Crippen molar-refractivity contribution in [2.75, 3.05) is 14.2 Å². The predicted octanol–water partition coefficient (Wildman–Crippen LogP) is 4.20. The van der Waals surface area contributed by atoms with E-state index in [2.05, 4.69) is 15.9 Å². The van der Waals surface area contributed by atoms with E-state index in [4.69, 9.17) is 4.74 Å². The molecule has 126 valence electrons. The van der Waals surface area contributed by atoms with Crippen LogP contribution in [0.25, 0.3) is 0 Å². The Bertz CT molecular complexity index is 779. The van der Waals surface area contributed by atoms with Crippen LogP contribution in [-0.4, -0.2) is 29.9 Å². The van der Waals surface area contributed by atoms with E-state index in [9.17, 15) is 14.9 Å². The monoisotopic (exact) mass is 392 g/mol. The molecular formula is C17H17BrN2O4. The molecule has 0 spiro atoms. The highest BCUT2D eigenvalue weighted by Crippen LogP contribution is 2.28. The minimum Gasteiger partial charge on any atom is -0.496 e. The molecule has 0 unspecified atom stereocenters. The predicted molar refractivity (Wildman–Crippen MR) is 94.3 cm³/mol. The molecule has 0 saturated heterocycles. The molecular weight excluding hydrogens is 376 g/mol. The van der Waals surface area contributed by atoms with E-state index < -0.39 is 4.92 Å². The van der Waals surface area contributed by atoms with Gasteiger partial charge in [-0.25, -0.2) is 0 Å². The second-order valence-electron chi connectivity index (χ2n) is 5.29. The SMILES string of the molecule is COc1ccc(C(=O)N(C)[C@H](C)c2cccc([N+](=O)[O-])c2)cc1Br. The number of methoxy groups -OCH3 is 1. The van der Waals surface area contributed by atoms with Crippen molar-refractivity contribution < 1.29 is 14.5 Å². The molecule has 7 heteroatoms. The zero-order chi connectivity index (χ0) is 17.9. The first-order valence-corrected chi connectivity index (χ1v) is 7.99. The van der Waals surface area contributed by atoms with E-state index in [1.54, 1.807) is 49.4 Å². The van der Waals surface area contributed by atoms with E-state index in [0.29, 0.717) is 21.3 Å². The summed E-state index contributed by atoms with van der Waals surface area (Å²) in [4.78, 5) is 24.7. The molecule has 0 aromatic heterocycles. The van der Waals surface area contributed by atoms with Crippen LogP contribution in [0.15, 0.2) is 46.9 Å². The number of amides is 1. The molecule has 1 atom stereocenters. The van der Waals surface area contributed by atoms with Crippen LogP contribution < -0.4 is 4.74 Å². The van der Waals surface area contributed by atoms with Crippen molar-refractivity contribution in [1.82, 2.24) is 4.90 Å². The highest BCUT2D eigenvalue weighted by Gasteiger charge is 2.21. The minimum atomic E-state index is -0.446. The van der Waals surface area contributed by atoms with E-state index in [-0.39, 0.29) is 17.6 Å². The minimum absolute atomic E-state index is 0.00684. The van der Waals surface area contributed by atoms with E-state index in [0.717, 1.165) is 0 Å². The summed E-state index contributed by atoms with van der Waals surface area (Å²) < 4.78 is 5.84. The molecule has 0 fully saturated rings. The normalized spacial score (nSPS) is 11.7. The number of non-ortho nitro benzene ring substituents is 1. The van der Waals surface area contributed by atoms with Crippen molar-refractivity contribution in [2.45, 2.75) is 13.0 Å². The number of rotatable bonds is 5. The number of carbonyl (C=O) groups excluding carboxylic acids is 1. The lowest BCUT2D eigenvalue weighted by molar-refractivity contribution is -0.384. The maximum Gasteiger partial charge on any atom is 0.269 e. The lowest BCUT2D eigenvalue weighted by atomic mass is 10.1. The van der Waals surface area contributed by atoms with Crippen LogP contribution in [0, 0.1) is 10.1 Å². The van der Waals surface area contributed by atoms with Crippen molar-refractivity contribution in [3.63, 3.8) is 0 Å². The topological polar surface area (TPSA) is 72.7 Å². The number of halogens is 1. The average Bonchev–Trinajstić information content (AvgIpc) is 2.59. The number of hydrogen-bond acceptors (Lipinski definition) is 4. The number of nitro benzene ring substituents is 1. The van der Waals surface area contributed by atoms with E-state index >= 15 is 0 Å². The van der Waals surface area contributed by atoms with Gasteiger partial charge in [0.25, 0.3) is 11.6 Å². The van der Waals surface area contributed by atoms with Gasteiger partial charge in [0.1, 0.15) is 5.75 Å². The molecule has 2 rings (SSSR count). The Labute approximate surface area is 148 Å². The van der Waals surface area contributed by atoms with Gasteiger partial charge in [-0.05, 0) is 46.6 Å². The number of nitro groups is 1. The second-order valence-corrected chi connectivity index (χ2v) is 6.15. The van der Waals surface area contributed by atoms with Gasteiger partial charge in [0.2, 0.25) is 0 Å². The number of hydrogen-bond donors (Lipinski definition) is 0. The van der Waals surface area contributed by atoms with Gasteiger partial charge < -0.3 is 9.64 Å². The van der Waals surface area contributed by atoms with Crippen LogP contribution in [0.4, 0.5) is 5.69 Å². The molecule has 0 aliphatic carbocycles. The first kappa shape index (κ1) is 17.9. The molecule has 0 heterocycles. The molecule has 1 amide bonds. The average molecular weight is 393 g/mol. The molecule has 24 heavy (non-hydrogen) atoms. The van der Waals surface area contributed by atoms with Crippen LogP contribution in [0.1, 0.15) is 28.9 Å². The van der Waals surface area contributed by atoms with Crippen LogP contribution in [0.3, 0.4) is 0 Å². The fourth-order valence-corrected chi connectivity index (χ4v) is 2.84. The highest BCUT2D eigenvalue weighted by molar-refractivity contribution is 9.10. The molecule has 2 aromatic carbocycles. The zero-order valence-corrected chi connectivity index (χ0v) is 15.1. The summed E-state index contributed by atoms with van der Waals surface area (Å²) in [5.74, 6) is 0.457. The fourth-order valence-electron chi connectivity index (χ4n) is 2.30. The number of nitrogens with zero attached hydrogens (tertiary/aromatic N) is 2. The first-order chi connectivity index (χ1) is 11.3. The Hall–Kier alpha value is -2.41. The van der Waals surface area contributed by atoms with Crippen LogP contribution in [0.5, 0.6) is 5.75 Å². The first-order valence-electron chi connectivity index (χ1n) is 7.20. The highest BCUT2D eigenvalue weighted by atomic mass is 79.9. The van der Waals surface area contributed by atoms with Crippen molar-refractivity contribution in [3.8, 4) is 5.75 Å². The summed E-state index contributed by atoms with van der Waals surface area (Å²) >= 11 is 3.36. The Kier molecular flexibility index (Phi) is 5.56. The molecule has 0 aliphatic heterocycles. The van der Waals surface area contributed by atoms with E-state index in [1.165, 1.54) is 12.1 Å². The van der Waals surface area contributed by atoms with Crippen molar-refractivity contribution in [2.24, 2.45) is 0 Å². The fraction of sp³-hybridized carbons (Fsp3) is 0.235. The van der Waals surface area contributed by atoms with Crippen molar-refractivity contribution in [1.29, 1.82) is 0 Å². The maximum absolute atomic E-state index is 12.7. The van der Waals surface area contributed by atoms with Gasteiger partial charge in [0.05, 0.1) is 22.5 Å². The molecule has 0 aliphatic rings. The largest absolute Gasteiger partial charge is 0.496 e. The standard InChI is InChI=1S/C17H17BrN2O4/c1-11(12-5-4-6-14(9-12)20(22)23)19(2)17(21)13-7-8-16(24-3)15(18)10-13/h4-11H,1-3H3/t11-/m1/s1. The molecule has 0 N–H and O–H groups in total. The van der Waals surface area contributed by atoms with Crippen molar-refractivity contribution in [3.05, 3.63) is 68.2 Å².